The van der Waals surface area contributed by atoms with Gasteiger partial charge in [-0.2, -0.15) is 4.37 Å². The first-order valence-corrected chi connectivity index (χ1v) is 7.20. The number of rotatable bonds is 3. The van der Waals surface area contributed by atoms with Gasteiger partial charge in [-0.05, 0) is 65.4 Å². The second-order valence-electron chi connectivity index (χ2n) is 4.34. The third kappa shape index (κ3) is 2.79. The van der Waals surface area contributed by atoms with Gasteiger partial charge in [-0.1, -0.05) is 6.07 Å². The molecule has 1 aromatic heterocycles. The monoisotopic (exact) mass is 340 g/mol. The van der Waals surface area contributed by atoms with Gasteiger partial charge in [0.2, 0.25) is 0 Å². The molecule has 100 valence electrons. The number of anilines is 2. The Morgan fingerprint density at radius 3 is 2.63 bits per heavy atom. The normalized spacial score (nSPS) is 10.5. The molecule has 0 spiro atoms. The summed E-state index contributed by atoms with van der Waals surface area (Å²) in [5, 5.41) is 12.9. The number of carboxylic acid groups (broad SMARTS) is 1. The number of aryl methyl sites for hydroxylation is 3. The average molecular weight is 341 g/mol. The average Bonchev–Trinajstić information content (AvgIpc) is 2.64. The Labute approximate surface area is 123 Å². The van der Waals surface area contributed by atoms with E-state index in [4.69, 9.17) is 0 Å². The molecule has 1 heterocycles. The van der Waals surface area contributed by atoms with Crippen LogP contribution in [0.4, 0.5) is 10.7 Å². The predicted molar refractivity (Wildman–Crippen MR) is 80.7 cm³/mol. The molecule has 1 aromatic carbocycles. The van der Waals surface area contributed by atoms with Crippen molar-refractivity contribution in [2.24, 2.45) is 0 Å². The lowest BCUT2D eigenvalue weighted by Gasteiger charge is -2.12. The van der Waals surface area contributed by atoms with E-state index in [1.807, 2.05) is 26.0 Å². The molecule has 0 unspecified atom stereocenters. The van der Waals surface area contributed by atoms with Crippen LogP contribution in [0.3, 0.4) is 0 Å². The molecule has 0 amide bonds. The molecule has 0 aliphatic carbocycles. The molecular formula is C13H13BrN2O2S. The number of aromatic carboxylic acids is 1. The molecule has 0 aliphatic rings. The van der Waals surface area contributed by atoms with Gasteiger partial charge in [-0.3, -0.25) is 0 Å². The molecule has 4 nitrogen and oxygen atoms in total. The van der Waals surface area contributed by atoms with Crippen molar-refractivity contribution in [1.29, 1.82) is 0 Å². The first-order chi connectivity index (χ1) is 8.90. The van der Waals surface area contributed by atoms with Crippen LogP contribution in [-0.4, -0.2) is 15.4 Å². The Kier molecular flexibility index (Phi) is 3.91. The van der Waals surface area contributed by atoms with E-state index in [9.17, 15) is 9.90 Å². The van der Waals surface area contributed by atoms with Crippen LogP contribution >= 0.6 is 27.5 Å². The van der Waals surface area contributed by atoms with E-state index in [-0.39, 0.29) is 5.56 Å². The molecular weight excluding hydrogens is 328 g/mol. The number of nitrogens with one attached hydrogen (secondary N) is 1. The molecule has 0 radical (unpaired) electrons. The number of hydrogen-bond acceptors (Lipinski definition) is 4. The van der Waals surface area contributed by atoms with Gasteiger partial charge in [0.05, 0.1) is 11.4 Å². The summed E-state index contributed by atoms with van der Waals surface area (Å²) in [5.41, 5.74) is 3.83. The zero-order valence-corrected chi connectivity index (χ0v) is 13.1. The fourth-order valence-corrected chi connectivity index (χ4v) is 3.46. The van der Waals surface area contributed by atoms with Crippen LogP contribution in [0.2, 0.25) is 0 Å². The van der Waals surface area contributed by atoms with Crippen molar-refractivity contribution in [2.45, 2.75) is 20.8 Å². The summed E-state index contributed by atoms with van der Waals surface area (Å²) in [6.45, 7) is 5.69. The maximum absolute atomic E-state index is 11.2. The minimum atomic E-state index is -0.963. The van der Waals surface area contributed by atoms with Crippen molar-refractivity contribution in [3.63, 3.8) is 0 Å². The van der Waals surface area contributed by atoms with Gasteiger partial charge in [-0.25, -0.2) is 4.79 Å². The van der Waals surface area contributed by atoms with Crippen LogP contribution in [0.15, 0.2) is 16.6 Å². The summed E-state index contributed by atoms with van der Waals surface area (Å²) in [7, 11) is 0. The first kappa shape index (κ1) is 14.0. The topological polar surface area (TPSA) is 62.2 Å². The van der Waals surface area contributed by atoms with Crippen LogP contribution in [0.25, 0.3) is 0 Å². The molecule has 6 heteroatoms. The Balaban J connectivity index is 2.45. The highest BCUT2D eigenvalue weighted by Crippen LogP contribution is 2.34. The van der Waals surface area contributed by atoms with Crippen molar-refractivity contribution in [2.75, 3.05) is 5.32 Å². The number of halogens is 1. The zero-order chi connectivity index (χ0) is 14.2. The molecule has 19 heavy (non-hydrogen) atoms. The largest absolute Gasteiger partial charge is 0.478 e. The van der Waals surface area contributed by atoms with Gasteiger partial charge in [0.15, 0.2) is 0 Å². The minimum Gasteiger partial charge on any atom is -0.478 e. The lowest BCUT2D eigenvalue weighted by Crippen LogP contribution is -2.02. The number of nitrogens with zero attached hydrogens (tertiary/aromatic N) is 1. The number of carbonyl (C=O) groups is 1. The Bertz CT molecular complexity index is 629. The summed E-state index contributed by atoms with van der Waals surface area (Å²) >= 11 is 4.66. The van der Waals surface area contributed by atoms with Crippen molar-refractivity contribution < 1.29 is 9.90 Å². The van der Waals surface area contributed by atoms with Gasteiger partial charge in [0, 0.05) is 4.47 Å². The van der Waals surface area contributed by atoms with Crippen LogP contribution in [-0.2, 0) is 0 Å². The standard InChI is InChI=1S/C13H13BrN2O2S/c1-6-4-7(2)11(9(14)5-6)15-12-10(13(17)18)8(3)16-19-12/h4-5,15H,1-3H3,(H,17,18). The van der Waals surface area contributed by atoms with Crippen molar-refractivity contribution >= 4 is 44.1 Å². The molecule has 0 saturated carbocycles. The van der Waals surface area contributed by atoms with Crippen LogP contribution in [0, 0.1) is 20.8 Å². The lowest BCUT2D eigenvalue weighted by atomic mass is 10.1. The van der Waals surface area contributed by atoms with E-state index >= 15 is 0 Å². The fourth-order valence-electron chi connectivity index (χ4n) is 1.89. The van der Waals surface area contributed by atoms with E-state index in [0.29, 0.717) is 10.7 Å². The Morgan fingerprint density at radius 2 is 2.05 bits per heavy atom. The second-order valence-corrected chi connectivity index (χ2v) is 5.97. The molecule has 0 bridgehead atoms. The molecule has 0 fully saturated rings. The maximum Gasteiger partial charge on any atom is 0.340 e. The van der Waals surface area contributed by atoms with E-state index < -0.39 is 5.97 Å². The Hall–Kier alpha value is -1.40. The number of aromatic nitrogens is 1. The summed E-state index contributed by atoms with van der Waals surface area (Å²) in [5.74, 6) is -0.963. The predicted octanol–water partition coefficient (Wildman–Crippen LogP) is 4.27. The summed E-state index contributed by atoms with van der Waals surface area (Å²) in [4.78, 5) is 11.2. The highest BCUT2D eigenvalue weighted by Gasteiger charge is 2.18. The molecule has 0 saturated heterocycles. The van der Waals surface area contributed by atoms with Gasteiger partial charge in [-0.15, -0.1) is 0 Å². The summed E-state index contributed by atoms with van der Waals surface area (Å²) < 4.78 is 5.00. The van der Waals surface area contributed by atoms with Crippen LogP contribution in [0.5, 0.6) is 0 Å². The minimum absolute atomic E-state index is 0.233. The number of carboxylic acids is 1. The number of hydrogen-bond donors (Lipinski definition) is 2. The van der Waals surface area contributed by atoms with E-state index in [2.05, 4.69) is 25.6 Å². The maximum atomic E-state index is 11.2. The molecule has 2 aromatic rings. The van der Waals surface area contributed by atoms with Crippen LogP contribution in [0.1, 0.15) is 27.2 Å². The molecule has 2 rings (SSSR count). The van der Waals surface area contributed by atoms with E-state index in [0.717, 1.165) is 32.8 Å². The quantitative estimate of drug-likeness (QED) is 0.875. The third-order valence-electron chi connectivity index (χ3n) is 2.75. The number of benzene rings is 1. The lowest BCUT2D eigenvalue weighted by molar-refractivity contribution is 0.0697. The fraction of sp³-hybridized carbons (Fsp3) is 0.231. The molecule has 0 aliphatic heterocycles. The van der Waals surface area contributed by atoms with Gasteiger partial charge < -0.3 is 10.4 Å². The Morgan fingerprint density at radius 1 is 1.37 bits per heavy atom. The van der Waals surface area contributed by atoms with E-state index in [1.54, 1.807) is 6.92 Å². The van der Waals surface area contributed by atoms with E-state index in [1.165, 1.54) is 0 Å². The van der Waals surface area contributed by atoms with Crippen molar-refractivity contribution in [3.05, 3.63) is 39.0 Å². The SMILES string of the molecule is Cc1cc(C)c(Nc2snc(C)c2C(=O)O)c(Br)c1. The first-order valence-electron chi connectivity index (χ1n) is 5.63. The van der Waals surface area contributed by atoms with Gasteiger partial charge in [0.1, 0.15) is 10.6 Å². The third-order valence-corrected chi connectivity index (χ3v) is 4.23. The highest BCUT2D eigenvalue weighted by molar-refractivity contribution is 9.10. The smallest absolute Gasteiger partial charge is 0.340 e. The summed E-state index contributed by atoms with van der Waals surface area (Å²) in [6.07, 6.45) is 0. The zero-order valence-electron chi connectivity index (χ0n) is 10.7. The highest BCUT2D eigenvalue weighted by atomic mass is 79.9. The molecule has 2 N–H and O–H groups in total. The van der Waals surface area contributed by atoms with Crippen LogP contribution < -0.4 is 5.32 Å². The molecule has 0 atom stereocenters. The van der Waals surface area contributed by atoms with Crippen molar-refractivity contribution in [3.8, 4) is 0 Å². The van der Waals surface area contributed by atoms with Crippen molar-refractivity contribution in [1.82, 2.24) is 4.37 Å². The summed E-state index contributed by atoms with van der Waals surface area (Å²) in [6, 6.07) is 4.03. The second kappa shape index (κ2) is 5.30. The van der Waals surface area contributed by atoms with Gasteiger partial charge >= 0.3 is 5.97 Å². The van der Waals surface area contributed by atoms with Gasteiger partial charge in [0.25, 0.3) is 0 Å².